The maximum Gasteiger partial charge on any atom is 0.287 e. The van der Waals surface area contributed by atoms with Crippen LogP contribution in [0.25, 0.3) is 22.4 Å². The molecular formula is C25H25N3O2. The number of aromatic nitrogens is 2. The number of hydrogen-bond donors (Lipinski definition) is 1. The predicted octanol–water partition coefficient (Wildman–Crippen LogP) is 5.41. The lowest BCUT2D eigenvalue weighted by molar-refractivity contribution is 0.0900. The van der Waals surface area contributed by atoms with Crippen molar-refractivity contribution in [2.45, 2.75) is 44.7 Å². The van der Waals surface area contributed by atoms with Gasteiger partial charge in [0.15, 0.2) is 11.5 Å². The van der Waals surface area contributed by atoms with Crippen molar-refractivity contribution in [3.8, 4) is 11.5 Å². The molecule has 0 radical (unpaired) electrons. The largest absolute Gasteiger partial charge is 0.449 e. The third-order valence-corrected chi connectivity index (χ3v) is 5.84. The zero-order valence-corrected chi connectivity index (χ0v) is 16.9. The summed E-state index contributed by atoms with van der Waals surface area (Å²) in [5, 5.41) is 8.97. The number of nitrogens with one attached hydrogen (secondary N) is 1. The zero-order chi connectivity index (χ0) is 20.3. The fourth-order valence-corrected chi connectivity index (χ4v) is 4.28. The number of carbonyl (C=O) groups is 1. The van der Waals surface area contributed by atoms with Gasteiger partial charge in [0.25, 0.3) is 5.91 Å². The van der Waals surface area contributed by atoms with Crippen LogP contribution in [0.3, 0.4) is 0 Å². The topological polar surface area (TPSA) is 60.1 Å². The summed E-state index contributed by atoms with van der Waals surface area (Å²) in [4.78, 5) is 12.6. The minimum Gasteiger partial charge on any atom is -0.449 e. The highest BCUT2D eigenvalue weighted by Crippen LogP contribution is 2.30. The molecule has 0 atom stereocenters. The van der Waals surface area contributed by atoms with Gasteiger partial charge in [-0.3, -0.25) is 9.48 Å². The van der Waals surface area contributed by atoms with Gasteiger partial charge in [0.2, 0.25) is 0 Å². The lowest BCUT2D eigenvalue weighted by Gasteiger charge is -2.22. The Labute approximate surface area is 175 Å². The first-order valence-electron chi connectivity index (χ1n) is 10.7. The maximum atomic E-state index is 12.6. The molecule has 1 amide bonds. The molecule has 1 fully saturated rings. The minimum atomic E-state index is -0.138. The first-order chi connectivity index (χ1) is 14.8. The van der Waals surface area contributed by atoms with E-state index < -0.39 is 0 Å². The number of carbonyl (C=O) groups excluding carboxylic acids is 1. The molecule has 1 saturated carbocycles. The summed E-state index contributed by atoms with van der Waals surface area (Å²) in [6.07, 6.45) is 5.72. The van der Waals surface area contributed by atoms with E-state index in [1.165, 1.54) is 24.8 Å². The number of hydrogen-bond acceptors (Lipinski definition) is 3. The standard InChI is InChI=1S/C25H25N3O2/c29-25(26-19-11-5-2-6-12-19)23-16-15-22(30-23)24-20-13-7-8-14-21(20)28(27-24)17-18-9-3-1-4-10-18/h1,3-4,7-10,13-16,19H,2,5-6,11-12,17H2,(H,26,29). The van der Waals surface area contributed by atoms with Gasteiger partial charge in [-0.05, 0) is 36.6 Å². The number of nitrogens with zero attached hydrogens (tertiary/aromatic N) is 2. The summed E-state index contributed by atoms with van der Waals surface area (Å²) >= 11 is 0. The maximum absolute atomic E-state index is 12.6. The van der Waals surface area contributed by atoms with Crippen LogP contribution in [-0.4, -0.2) is 21.7 Å². The molecule has 0 saturated heterocycles. The number of fused-ring (bicyclic) bond motifs is 1. The number of furan rings is 1. The molecule has 2 aromatic carbocycles. The Morgan fingerprint density at radius 1 is 0.967 bits per heavy atom. The predicted molar refractivity (Wildman–Crippen MR) is 117 cm³/mol. The summed E-state index contributed by atoms with van der Waals surface area (Å²) < 4.78 is 7.95. The highest BCUT2D eigenvalue weighted by atomic mass is 16.4. The molecule has 2 heterocycles. The van der Waals surface area contributed by atoms with Gasteiger partial charge in [0.1, 0.15) is 5.69 Å². The average Bonchev–Trinajstić information content (AvgIpc) is 3.41. The van der Waals surface area contributed by atoms with E-state index in [9.17, 15) is 4.79 Å². The summed E-state index contributed by atoms with van der Waals surface area (Å²) in [7, 11) is 0. The lowest BCUT2D eigenvalue weighted by Crippen LogP contribution is -2.35. The van der Waals surface area contributed by atoms with Gasteiger partial charge in [-0.25, -0.2) is 0 Å². The van der Waals surface area contributed by atoms with Crippen molar-refractivity contribution < 1.29 is 9.21 Å². The molecule has 5 rings (SSSR count). The van der Waals surface area contributed by atoms with Crippen LogP contribution >= 0.6 is 0 Å². The first-order valence-corrected chi connectivity index (χ1v) is 10.7. The summed E-state index contributed by atoms with van der Waals surface area (Å²) in [6, 6.07) is 22.2. The summed E-state index contributed by atoms with van der Waals surface area (Å²) in [5.41, 5.74) is 2.99. The lowest BCUT2D eigenvalue weighted by atomic mass is 9.95. The molecule has 1 N–H and O–H groups in total. The Kier molecular flexibility index (Phi) is 5.10. The second-order valence-corrected chi connectivity index (χ2v) is 7.98. The quantitative estimate of drug-likeness (QED) is 0.488. The Bertz CT molecular complexity index is 1150. The molecule has 1 aliphatic carbocycles. The molecule has 0 unspecified atom stereocenters. The Morgan fingerprint density at radius 2 is 1.73 bits per heavy atom. The smallest absolute Gasteiger partial charge is 0.287 e. The van der Waals surface area contributed by atoms with Crippen molar-refractivity contribution in [1.82, 2.24) is 15.1 Å². The van der Waals surface area contributed by atoms with Gasteiger partial charge >= 0.3 is 0 Å². The fourth-order valence-electron chi connectivity index (χ4n) is 4.28. The molecule has 4 aromatic rings. The highest BCUT2D eigenvalue weighted by molar-refractivity contribution is 5.95. The molecule has 152 valence electrons. The summed E-state index contributed by atoms with van der Waals surface area (Å²) in [5.74, 6) is 0.824. The molecular weight excluding hydrogens is 374 g/mol. The van der Waals surface area contributed by atoms with Gasteiger partial charge < -0.3 is 9.73 Å². The zero-order valence-electron chi connectivity index (χ0n) is 16.9. The number of benzene rings is 2. The van der Waals surface area contributed by atoms with Gasteiger partial charge in [0.05, 0.1) is 12.1 Å². The summed E-state index contributed by atoms with van der Waals surface area (Å²) in [6.45, 7) is 0.678. The van der Waals surface area contributed by atoms with E-state index in [-0.39, 0.29) is 11.9 Å². The SMILES string of the molecule is O=C(NC1CCCCC1)c1ccc(-c2nn(Cc3ccccc3)c3ccccc23)o1. The molecule has 0 spiro atoms. The third-order valence-electron chi connectivity index (χ3n) is 5.84. The van der Waals surface area contributed by atoms with Gasteiger partial charge in [-0.15, -0.1) is 0 Å². The minimum absolute atomic E-state index is 0.138. The number of para-hydroxylation sites is 1. The van der Waals surface area contributed by atoms with E-state index in [4.69, 9.17) is 9.52 Å². The van der Waals surface area contributed by atoms with Crippen LogP contribution < -0.4 is 5.32 Å². The van der Waals surface area contributed by atoms with Crippen molar-refractivity contribution in [1.29, 1.82) is 0 Å². The van der Waals surface area contributed by atoms with E-state index in [2.05, 4.69) is 23.5 Å². The van der Waals surface area contributed by atoms with Crippen molar-refractivity contribution in [2.24, 2.45) is 0 Å². The van der Waals surface area contributed by atoms with Crippen LogP contribution in [0.15, 0.2) is 71.1 Å². The van der Waals surface area contributed by atoms with Crippen molar-refractivity contribution in [3.63, 3.8) is 0 Å². The first kappa shape index (κ1) is 18.7. The monoisotopic (exact) mass is 399 g/mol. The van der Waals surface area contributed by atoms with Crippen molar-refractivity contribution in [2.75, 3.05) is 0 Å². The molecule has 2 aromatic heterocycles. The van der Waals surface area contributed by atoms with Gasteiger partial charge in [-0.2, -0.15) is 5.10 Å². The van der Waals surface area contributed by atoms with Gasteiger partial charge in [-0.1, -0.05) is 67.8 Å². The van der Waals surface area contributed by atoms with Crippen molar-refractivity contribution >= 4 is 16.8 Å². The van der Waals surface area contributed by atoms with Crippen LogP contribution in [0.4, 0.5) is 0 Å². The number of rotatable bonds is 5. The van der Waals surface area contributed by atoms with Gasteiger partial charge in [0, 0.05) is 11.4 Å². The molecule has 0 bridgehead atoms. The van der Waals surface area contributed by atoms with E-state index in [0.29, 0.717) is 18.1 Å². The van der Waals surface area contributed by atoms with Crippen molar-refractivity contribution in [3.05, 3.63) is 78.1 Å². The van der Waals surface area contributed by atoms with E-state index >= 15 is 0 Å². The van der Waals surface area contributed by atoms with Crippen LogP contribution in [0.5, 0.6) is 0 Å². The third kappa shape index (κ3) is 3.75. The second kappa shape index (κ2) is 8.19. The second-order valence-electron chi connectivity index (χ2n) is 7.98. The van der Waals surface area contributed by atoms with E-state index in [1.807, 2.05) is 47.1 Å². The van der Waals surface area contributed by atoms with E-state index in [1.54, 1.807) is 6.07 Å². The molecule has 30 heavy (non-hydrogen) atoms. The van der Waals surface area contributed by atoms with Crippen LogP contribution in [0.2, 0.25) is 0 Å². The Balaban J connectivity index is 1.43. The molecule has 0 aliphatic heterocycles. The van der Waals surface area contributed by atoms with Crippen LogP contribution in [-0.2, 0) is 6.54 Å². The molecule has 5 heteroatoms. The normalized spacial score (nSPS) is 14.8. The molecule has 5 nitrogen and oxygen atoms in total. The van der Waals surface area contributed by atoms with Crippen LogP contribution in [0, 0.1) is 0 Å². The van der Waals surface area contributed by atoms with Crippen LogP contribution in [0.1, 0.15) is 48.2 Å². The fraction of sp³-hybridized carbons (Fsp3) is 0.280. The molecule has 1 aliphatic rings. The highest BCUT2D eigenvalue weighted by Gasteiger charge is 2.21. The van der Waals surface area contributed by atoms with E-state index in [0.717, 1.165) is 29.4 Å². The number of amides is 1. The Morgan fingerprint density at radius 3 is 2.57 bits per heavy atom. The Hall–Kier alpha value is -3.34. The average molecular weight is 399 g/mol.